The van der Waals surface area contributed by atoms with Crippen LogP contribution < -0.4 is 5.73 Å². The van der Waals surface area contributed by atoms with Gasteiger partial charge in [0.25, 0.3) is 0 Å². The first-order valence-electron chi connectivity index (χ1n) is 4.88. The number of hydrogen-bond donors (Lipinski definition) is 1. The topological polar surface area (TPSA) is 26.0 Å². The summed E-state index contributed by atoms with van der Waals surface area (Å²) in [6, 6.07) is 0.387. The number of nitrogens with two attached hydrogens (primary N) is 1. The van der Waals surface area contributed by atoms with Crippen molar-refractivity contribution in [2.45, 2.75) is 58.4 Å². The molecule has 0 aromatic heterocycles. The van der Waals surface area contributed by atoms with E-state index in [-0.39, 0.29) is 0 Å². The van der Waals surface area contributed by atoms with Gasteiger partial charge in [-0.3, -0.25) is 0 Å². The molecule has 0 bridgehead atoms. The zero-order valence-electron chi connectivity index (χ0n) is 7.90. The van der Waals surface area contributed by atoms with E-state index in [1.165, 1.54) is 38.5 Å². The van der Waals surface area contributed by atoms with E-state index in [1.807, 2.05) is 0 Å². The lowest BCUT2D eigenvalue weighted by Crippen LogP contribution is -2.29. The van der Waals surface area contributed by atoms with Crippen LogP contribution >= 0.6 is 0 Å². The van der Waals surface area contributed by atoms with E-state index in [9.17, 15) is 0 Å². The van der Waals surface area contributed by atoms with E-state index in [0.29, 0.717) is 11.5 Å². The first-order chi connectivity index (χ1) is 5.12. The lowest BCUT2D eigenvalue weighted by Gasteiger charge is -2.34. The quantitative estimate of drug-likeness (QED) is 0.652. The maximum absolute atomic E-state index is 5.81. The molecule has 1 unspecified atom stereocenters. The van der Waals surface area contributed by atoms with E-state index in [0.717, 1.165) is 0 Å². The summed E-state index contributed by atoms with van der Waals surface area (Å²) in [5.74, 6) is 0. The number of hydrogen-bond acceptors (Lipinski definition) is 1. The molecule has 0 radical (unpaired) electrons. The first kappa shape index (κ1) is 9.05. The summed E-state index contributed by atoms with van der Waals surface area (Å²) >= 11 is 0. The van der Waals surface area contributed by atoms with Crippen molar-refractivity contribution in [2.24, 2.45) is 11.1 Å². The smallest absolute Gasteiger partial charge is 0.00156 e. The van der Waals surface area contributed by atoms with Crippen LogP contribution in [0.3, 0.4) is 0 Å². The molecule has 11 heavy (non-hydrogen) atoms. The molecule has 0 saturated heterocycles. The second-order valence-corrected chi connectivity index (χ2v) is 4.55. The average molecular weight is 155 g/mol. The zero-order chi connectivity index (χ0) is 8.32. The highest BCUT2D eigenvalue weighted by Crippen LogP contribution is 2.39. The van der Waals surface area contributed by atoms with Gasteiger partial charge in [0.1, 0.15) is 0 Å². The SMILES string of the molecule is CC(N)CC1(C)CCCCC1. The highest BCUT2D eigenvalue weighted by atomic mass is 14.6. The van der Waals surface area contributed by atoms with Gasteiger partial charge in [-0.15, -0.1) is 0 Å². The van der Waals surface area contributed by atoms with Crippen LogP contribution in [0.4, 0.5) is 0 Å². The summed E-state index contributed by atoms with van der Waals surface area (Å²) in [5, 5.41) is 0. The van der Waals surface area contributed by atoms with E-state index in [2.05, 4.69) is 13.8 Å². The minimum atomic E-state index is 0.387. The van der Waals surface area contributed by atoms with Gasteiger partial charge in [-0.2, -0.15) is 0 Å². The molecule has 0 aliphatic heterocycles. The Morgan fingerprint density at radius 1 is 1.27 bits per heavy atom. The van der Waals surface area contributed by atoms with Crippen molar-refractivity contribution >= 4 is 0 Å². The molecule has 0 aromatic carbocycles. The lowest BCUT2D eigenvalue weighted by atomic mass is 9.72. The van der Waals surface area contributed by atoms with Gasteiger partial charge in [-0.05, 0) is 31.6 Å². The molecule has 0 aromatic rings. The summed E-state index contributed by atoms with van der Waals surface area (Å²) in [6.07, 6.45) is 8.29. The van der Waals surface area contributed by atoms with Crippen molar-refractivity contribution in [1.82, 2.24) is 0 Å². The highest BCUT2D eigenvalue weighted by molar-refractivity contribution is 4.80. The minimum Gasteiger partial charge on any atom is -0.328 e. The van der Waals surface area contributed by atoms with Gasteiger partial charge in [0.2, 0.25) is 0 Å². The summed E-state index contributed by atoms with van der Waals surface area (Å²) in [5.41, 5.74) is 6.38. The summed E-state index contributed by atoms with van der Waals surface area (Å²) < 4.78 is 0. The van der Waals surface area contributed by atoms with Crippen LogP contribution in [0.2, 0.25) is 0 Å². The Morgan fingerprint density at radius 3 is 2.27 bits per heavy atom. The fourth-order valence-electron chi connectivity index (χ4n) is 2.39. The van der Waals surface area contributed by atoms with Crippen LogP contribution in [-0.4, -0.2) is 6.04 Å². The lowest BCUT2D eigenvalue weighted by molar-refractivity contribution is 0.188. The second-order valence-electron chi connectivity index (χ2n) is 4.55. The Labute approximate surface area is 70.4 Å². The van der Waals surface area contributed by atoms with Crippen molar-refractivity contribution in [3.8, 4) is 0 Å². The third kappa shape index (κ3) is 2.82. The van der Waals surface area contributed by atoms with Crippen molar-refractivity contribution in [3.05, 3.63) is 0 Å². The summed E-state index contributed by atoms with van der Waals surface area (Å²) in [4.78, 5) is 0. The molecule has 0 spiro atoms. The van der Waals surface area contributed by atoms with Gasteiger partial charge < -0.3 is 5.73 Å². The fourth-order valence-corrected chi connectivity index (χ4v) is 2.39. The summed E-state index contributed by atoms with van der Waals surface area (Å²) in [7, 11) is 0. The normalized spacial score (nSPS) is 26.5. The van der Waals surface area contributed by atoms with Crippen molar-refractivity contribution < 1.29 is 0 Å². The van der Waals surface area contributed by atoms with Gasteiger partial charge in [-0.25, -0.2) is 0 Å². The Balaban J connectivity index is 2.37. The van der Waals surface area contributed by atoms with Crippen LogP contribution in [0.15, 0.2) is 0 Å². The predicted molar refractivity (Wildman–Crippen MR) is 49.5 cm³/mol. The molecule has 0 amide bonds. The third-order valence-corrected chi connectivity index (χ3v) is 2.88. The standard InChI is InChI=1S/C10H21N/c1-9(11)8-10(2)6-4-3-5-7-10/h9H,3-8,11H2,1-2H3. The molecule has 1 aliphatic carbocycles. The molecular formula is C10H21N. The molecule has 1 atom stereocenters. The van der Waals surface area contributed by atoms with Gasteiger partial charge in [0, 0.05) is 6.04 Å². The van der Waals surface area contributed by atoms with Crippen LogP contribution in [-0.2, 0) is 0 Å². The molecule has 66 valence electrons. The van der Waals surface area contributed by atoms with Crippen LogP contribution in [0.5, 0.6) is 0 Å². The van der Waals surface area contributed by atoms with Gasteiger partial charge in [-0.1, -0.05) is 26.2 Å². The Morgan fingerprint density at radius 2 is 1.82 bits per heavy atom. The second kappa shape index (κ2) is 3.57. The molecule has 0 heterocycles. The highest BCUT2D eigenvalue weighted by Gasteiger charge is 2.27. The Hall–Kier alpha value is -0.0400. The maximum Gasteiger partial charge on any atom is 0.00156 e. The average Bonchev–Trinajstić information content (AvgIpc) is 1.85. The Bertz CT molecular complexity index is 112. The monoisotopic (exact) mass is 155 g/mol. The molecule has 1 rings (SSSR count). The third-order valence-electron chi connectivity index (χ3n) is 2.88. The van der Waals surface area contributed by atoms with Gasteiger partial charge >= 0.3 is 0 Å². The maximum atomic E-state index is 5.81. The molecule has 1 aliphatic rings. The van der Waals surface area contributed by atoms with Gasteiger partial charge in [0.05, 0.1) is 0 Å². The van der Waals surface area contributed by atoms with Crippen molar-refractivity contribution in [2.75, 3.05) is 0 Å². The summed E-state index contributed by atoms with van der Waals surface area (Å²) in [6.45, 7) is 4.52. The first-order valence-corrected chi connectivity index (χ1v) is 4.88. The molecule has 1 saturated carbocycles. The minimum absolute atomic E-state index is 0.387. The van der Waals surface area contributed by atoms with E-state index in [4.69, 9.17) is 5.73 Å². The largest absolute Gasteiger partial charge is 0.328 e. The van der Waals surface area contributed by atoms with E-state index < -0.39 is 0 Å². The zero-order valence-corrected chi connectivity index (χ0v) is 7.90. The van der Waals surface area contributed by atoms with Crippen LogP contribution in [0.1, 0.15) is 52.4 Å². The fraction of sp³-hybridized carbons (Fsp3) is 1.00. The van der Waals surface area contributed by atoms with Crippen LogP contribution in [0, 0.1) is 5.41 Å². The molecule has 1 heteroatoms. The molecule has 1 fully saturated rings. The van der Waals surface area contributed by atoms with Gasteiger partial charge in [0.15, 0.2) is 0 Å². The van der Waals surface area contributed by atoms with E-state index in [1.54, 1.807) is 0 Å². The predicted octanol–water partition coefficient (Wildman–Crippen LogP) is 2.69. The van der Waals surface area contributed by atoms with Crippen LogP contribution in [0.25, 0.3) is 0 Å². The number of rotatable bonds is 2. The molecule has 1 nitrogen and oxygen atoms in total. The molecular weight excluding hydrogens is 134 g/mol. The van der Waals surface area contributed by atoms with Crippen molar-refractivity contribution in [1.29, 1.82) is 0 Å². The van der Waals surface area contributed by atoms with E-state index >= 15 is 0 Å². The van der Waals surface area contributed by atoms with Crippen molar-refractivity contribution in [3.63, 3.8) is 0 Å². The molecule has 2 N–H and O–H groups in total. The Kier molecular flexibility index (Phi) is 2.94.